The molecule has 0 aliphatic rings. The van der Waals surface area contributed by atoms with E-state index in [1.54, 1.807) is 0 Å². The normalized spacial score (nSPS) is 11.3. The highest BCUT2D eigenvalue weighted by Gasteiger charge is 2.31. The van der Waals surface area contributed by atoms with Gasteiger partial charge in [-0.2, -0.15) is 0 Å². The van der Waals surface area contributed by atoms with Crippen molar-refractivity contribution >= 4 is 21.9 Å². The molecule has 0 atom stereocenters. The van der Waals surface area contributed by atoms with E-state index in [4.69, 9.17) is 9.15 Å². The van der Waals surface area contributed by atoms with Gasteiger partial charge in [0.2, 0.25) is 21.5 Å². The molecule has 24 heavy (non-hydrogen) atoms. The predicted molar refractivity (Wildman–Crippen MR) is 84.9 cm³/mol. The first kappa shape index (κ1) is 17.8. The summed E-state index contributed by atoms with van der Waals surface area (Å²) in [5.41, 5.74) is 0.162. The summed E-state index contributed by atoms with van der Waals surface area (Å²) in [6, 6.07) is 5.14. The summed E-state index contributed by atoms with van der Waals surface area (Å²) >= 11 is 0. The van der Waals surface area contributed by atoms with Gasteiger partial charge in [0.25, 0.3) is 5.88 Å². The molecule has 1 aromatic carbocycles. The Balaban J connectivity index is 2.66. The van der Waals surface area contributed by atoms with Crippen molar-refractivity contribution in [2.24, 2.45) is 0 Å². The second-order valence-electron chi connectivity index (χ2n) is 4.89. The van der Waals surface area contributed by atoms with E-state index in [9.17, 15) is 22.7 Å². The second-order valence-corrected chi connectivity index (χ2v) is 7.18. The van der Waals surface area contributed by atoms with Crippen LogP contribution in [0.4, 0.5) is 10.3 Å². The fourth-order valence-corrected chi connectivity index (χ4v) is 2.74. The number of rotatable bonds is 5. The highest BCUT2D eigenvalue weighted by Crippen LogP contribution is 2.48. The number of anilines is 1. The largest absolute Gasteiger partial charge is 0.502 e. The lowest BCUT2D eigenvalue weighted by atomic mass is 10.1. The van der Waals surface area contributed by atoms with Gasteiger partial charge in [-0.05, 0) is 19.1 Å². The van der Waals surface area contributed by atoms with Crippen LogP contribution in [0.1, 0.15) is 13.8 Å². The molecule has 1 N–H and O–H groups in total. The van der Waals surface area contributed by atoms with Crippen LogP contribution in [0.3, 0.4) is 0 Å². The summed E-state index contributed by atoms with van der Waals surface area (Å²) < 4.78 is 48.5. The lowest BCUT2D eigenvalue weighted by molar-refractivity contribution is -0.132. The van der Waals surface area contributed by atoms with Crippen LogP contribution in [0.2, 0.25) is 0 Å². The number of sulfonamides is 1. The van der Waals surface area contributed by atoms with Crippen molar-refractivity contribution in [2.45, 2.75) is 13.8 Å². The van der Waals surface area contributed by atoms with Crippen LogP contribution in [-0.2, 0) is 14.8 Å². The SMILES string of the molecule is CCS(=O)(=O)N(C)c1oc(-c2cccc(F)c2)c(O)c1OC(C)=O. The standard InChI is InChI=1S/C15H16FNO6S/c1-4-24(20,21)17(3)15-14(22-9(2)18)12(19)13(23-15)10-6-5-7-11(16)8-10/h5-8,19H,4H2,1-3H3. The van der Waals surface area contributed by atoms with E-state index in [-0.39, 0.29) is 23.0 Å². The summed E-state index contributed by atoms with van der Waals surface area (Å²) in [5, 5.41) is 10.3. The van der Waals surface area contributed by atoms with Crippen molar-refractivity contribution in [1.82, 2.24) is 0 Å². The Hall–Kier alpha value is -2.55. The van der Waals surface area contributed by atoms with E-state index < -0.39 is 33.3 Å². The van der Waals surface area contributed by atoms with E-state index in [1.165, 1.54) is 32.2 Å². The van der Waals surface area contributed by atoms with Crippen molar-refractivity contribution in [2.75, 3.05) is 17.1 Å². The monoisotopic (exact) mass is 357 g/mol. The molecule has 0 bridgehead atoms. The molecule has 2 rings (SSSR count). The number of carbonyl (C=O) groups is 1. The van der Waals surface area contributed by atoms with Crippen LogP contribution in [0, 0.1) is 5.82 Å². The molecular weight excluding hydrogens is 341 g/mol. The van der Waals surface area contributed by atoms with Crippen LogP contribution in [0.5, 0.6) is 11.5 Å². The number of aromatic hydroxyl groups is 1. The first-order chi connectivity index (χ1) is 11.2. The summed E-state index contributed by atoms with van der Waals surface area (Å²) in [7, 11) is -2.55. The molecule has 0 aliphatic heterocycles. The fourth-order valence-electron chi connectivity index (χ4n) is 1.98. The van der Waals surface area contributed by atoms with E-state index >= 15 is 0 Å². The van der Waals surface area contributed by atoms with Gasteiger partial charge >= 0.3 is 5.97 Å². The van der Waals surface area contributed by atoms with Gasteiger partial charge < -0.3 is 14.3 Å². The molecule has 9 heteroatoms. The number of furan rings is 1. The molecule has 0 amide bonds. The first-order valence-electron chi connectivity index (χ1n) is 6.94. The van der Waals surface area contributed by atoms with Gasteiger partial charge in [0.05, 0.1) is 5.75 Å². The summed E-state index contributed by atoms with van der Waals surface area (Å²) in [6.45, 7) is 2.51. The van der Waals surface area contributed by atoms with Crippen molar-refractivity contribution in [3.8, 4) is 22.8 Å². The molecule has 0 saturated carbocycles. The number of halogens is 1. The van der Waals surface area contributed by atoms with Gasteiger partial charge in [0.15, 0.2) is 5.76 Å². The molecule has 0 radical (unpaired) electrons. The van der Waals surface area contributed by atoms with Gasteiger partial charge in [0.1, 0.15) is 5.82 Å². The number of esters is 1. The van der Waals surface area contributed by atoms with Crippen LogP contribution >= 0.6 is 0 Å². The fraction of sp³-hybridized carbons (Fsp3) is 0.267. The minimum absolute atomic E-state index is 0.162. The van der Waals surface area contributed by atoms with E-state index in [1.807, 2.05) is 0 Å². The number of hydrogen-bond donors (Lipinski definition) is 1. The third-order valence-corrected chi connectivity index (χ3v) is 4.95. The molecular formula is C15H16FNO6S. The van der Waals surface area contributed by atoms with Gasteiger partial charge in [-0.3, -0.25) is 4.79 Å². The Bertz CT molecular complexity index is 874. The summed E-state index contributed by atoms with van der Waals surface area (Å²) in [5.74, 6) is -3.21. The second kappa shape index (κ2) is 6.52. The first-order valence-corrected chi connectivity index (χ1v) is 8.55. The van der Waals surface area contributed by atoms with Crippen LogP contribution in [-0.4, -0.2) is 32.3 Å². The number of hydrogen-bond acceptors (Lipinski definition) is 6. The topological polar surface area (TPSA) is 97.1 Å². The zero-order chi connectivity index (χ0) is 18.1. The number of nitrogens with zero attached hydrogens (tertiary/aromatic N) is 1. The van der Waals surface area contributed by atoms with Crippen molar-refractivity contribution in [1.29, 1.82) is 0 Å². The van der Waals surface area contributed by atoms with Gasteiger partial charge in [-0.1, -0.05) is 12.1 Å². The van der Waals surface area contributed by atoms with E-state index in [2.05, 4.69) is 0 Å². The molecule has 1 heterocycles. The van der Waals surface area contributed by atoms with Crippen molar-refractivity contribution in [3.05, 3.63) is 30.1 Å². The lowest BCUT2D eigenvalue weighted by Gasteiger charge is -2.16. The predicted octanol–water partition coefficient (Wildman–Crippen LogP) is 2.50. The Morgan fingerprint density at radius 2 is 2.08 bits per heavy atom. The van der Waals surface area contributed by atoms with Gasteiger partial charge in [-0.15, -0.1) is 0 Å². The third-order valence-electron chi connectivity index (χ3n) is 3.22. The number of benzene rings is 1. The van der Waals surface area contributed by atoms with E-state index in [0.29, 0.717) is 0 Å². The molecule has 130 valence electrons. The smallest absolute Gasteiger partial charge is 0.308 e. The maximum absolute atomic E-state index is 13.4. The molecule has 0 fully saturated rings. The summed E-state index contributed by atoms with van der Waals surface area (Å²) in [6.07, 6.45) is 0. The van der Waals surface area contributed by atoms with Crippen molar-refractivity contribution in [3.63, 3.8) is 0 Å². The van der Waals surface area contributed by atoms with Crippen LogP contribution in [0.25, 0.3) is 11.3 Å². The molecule has 7 nitrogen and oxygen atoms in total. The minimum atomic E-state index is -3.74. The molecule has 2 aromatic rings. The average Bonchev–Trinajstić information content (AvgIpc) is 2.83. The lowest BCUT2D eigenvalue weighted by Crippen LogP contribution is -2.28. The van der Waals surface area contributed by atoms with Crippen LogP contribution in [0.15, 0.2) is 28.7 Å². The highest BCUT2D eigenvalue weighted by molar-refractivity contribution is 7.92. The minimum Gasteiger partial charge on any atom is -0.502 e. The van der Waals surface area contributed by atoms with Gasteiger partial charge in [-0.25, -0.2) is 17.1 Å². The zero-order valence-corrected chi connectivity index (χ0v) is 14.1. The Kier molecular flexibility index (Phi) is 4.83. The van der Waals surface area contributed by atoms with Gasteiger partial charge in [0, 0.05) is 19.5 Å². The Morgan fingerprint density at radius 1 is 1.42 bits per heavy atom. The Morgan fingerprint density at radius 3 is 2.62 bits per heavy atom. The third kappa shape index (κ3) is 3.35. The van der Waals surface area contributed by atoms with Crippen molar-refractivity contribution < 1.29 is 31.9 Å². The summed E-state index contributed by atoms with van der Waals surface area (Å²) in [4.78, 5) is 11.3. The molecule has 0 unspecified atom stereocenters. The highest BCUT2D eigenvalue weighted by atomic mass is 32.2. The molecule has 0 aliphatic carbocycles. The van der Waals surface area contributed by atoms with E-state index in [0.717, 1.165) is 17.3 Å². The maximum Gasteiger partial charge on any atom is 0.308 e. The molecule has 0 saturated heterocycles. The van der Waals surface area contributed by atoms with Crippen LogP contribution < -0.4 is 9.04 Å². The quantitative estimate of drug-likeness (QED) is 0.826. The average molecular weight is 357 g/mol. The number of ether oxygens (including phenoxy) is 1. The maximum atomic E-state index is 13.4. The molecule has 0 spiro atoms. The Labute approximate surface area is 138 Å². The molecule has 1 aromatic heterocycles. The zero-order valence-electron chi connectivity index (χ0n) is 13.2. The number of carbonyl (C=O) groups excluding carboxylic acids is 1.